The van der Waals surface area contributed by atoms with Crippen molar-refractivity contribution in [2.24, 2.45) is 11.8 Å². The number of aromatic amines is 1. The highest BCUT2D eigenvalue weighted by molar-refractivity contribution is 7.10. The Bertz CT molecular complexity index is 1250. The standard InChI is InChI=1S/C21H22N8O3S/c1-22-15-8-24-17-14(4-5-23-17)16(15)28(2)13-6-11-9-29(10-12(11)7-13)21(31)26-20-25-18(27-33-20)19(30)32-3/h4-5,8,11-13H,6-7,9-10H2,2-3H3,(H,23,24)(H,25,26,27,31)/t11-,12+,13?. The lowest BCUT2D eigenvalue weighted by Gasteiger charge is -2.30. The van der Waals surface area contributed by atoms with Crippen LogP contribution in [0.5, 0.6) is 0 Å². The number of anilines is 2. The topological polar surface area (TPSA) is 121 Å². The molecule has 2 N–H and O–H groups in total. The number of rotatable bonds is 4. The minimum Gasteiger partial charge on any atom is -0.463 e. The van der Waals surface area contributed by atoms with Gasteiger partial charge in [0.05, 0.1) is 19.4 Å². The third kappa shape index (κ3) is 3.74. The Kier molecular flexibility index (Phi) is 5.33. The maximum absolute atomic E-state index is 12.7. The van der Waals surface area contributed by atoms with Crippen LogP contribution in [0.3, 0.4) is 0 Å². The summed E-state index contributed by atoms with van der Waals surface area (Å²) in [5, 5.41) is 3.96. The summed E-state index contributed by atoms with van der Waals surface area (Å²) in [5.41, 5.74) is 2.23. The first-order valence-electron chi connectivity index (χ1n) is 10.5. The van der Waals surface area contributed by atoms with Gasteiger partial charge < -0.3 is 19.5 Å². The van der Waals surface area contributed by atoms with Crippen LogP contribution in [0.1, 0.15) is 23.5 Å². The number of carbonyl (C=O) groups is 2. The van der Waals surface area contributed by atoms with Gasteiger partial charge >= 0.3 is 12.0 Å². The summed E-state index contributed by atoms with van der Waals surface area (Å²) in [4.78, 5) is 43.4. The van der Waals surface area contributed by atoms with Crippen molar-refractivity contribution < 1.29 is 14.3 Å². The Balaban J connectivity index is 1.23. The van der Waals surface area contributed by atoms with Crippen LogP contribution >= 0.6 is 11.5 Å². The molecule has 1 unspecified atom stereocenters. The average molecular weight is 467 g/mol. The second-order valence-corrected chi connectivity index (χ2v) is 9.10. The van der Waals surface area contributed by atoms with Crippen LogP contribution in [0.2, 0.25) is 0 Å². The number of urea groups is 1. The molecule has 11 nitrogen and oxygen atoms in total. The molecule has 170 valence electrons. The van der Waals surface area contributed by atoms with E-state index >= 15 is 0 Å². The largest absolute Gasteiger partial charge is 0.463 e. The van der Waals surface area contributed by atoms with E-state index in [1.165, 1.54) is 7.11 Å². The lowest BCUT2D eigenvalue weighted by molar-refractivity contribution is 0.0588. The maximum atomic E-state index is 12.7. The van der Waals surface area contributed by atoms with Gasteiger partial charge in [0.25, 0.3) is 5.82 Å². The molecule has 4 heterocycles. The minimum absolute atomic E-state index is 0.0617. The van der Waals surface area contributed by atoms with Crippen molar-refractivity contribution in [1.82, 2.24) is 24.2 Å². The second-order valence-electron chi connectivity index (χ2n) is 8.35. The Morgan fingerprint density at radius 2 is 2.12 bits per heavy atom. The van der Waals surface area contributed by atoms with Crippen molar-refractivity contribution >= 4 is 51.1 Å². The van der Waals surface area contributed by atoms with Gasteiger partial charge in [0.15, 0.2) is 0 Å². The Morgan fingerprint density at radius 3 is 2.82 bits per heavy atom. The average Bonchev–Trinajstić information content (AvgIpc) is 3.60. The normalized spacial score (nSPS) is 21.6. The number of amides is 2. The lowest BCUT2D eigenvalue weighted by Crippen LogP contribution is -2.36. The summed E-state index contributed by atoms with van der Waals surface area (Å²) in [5.74, 6) is 0.0879. The van der Waals surface area contributed by atoms with Crippen molar-refractivity contribution in [1.29, 1.82) is 0 Å². The highest BCUT2D eigenvalue weighted by Gasteiger charge is 2.44. The van der Waals surface area contributed by atoms with Crippen molar-refractivity contribution in [3.05, 3.63) is 35.7 Å². The summed E-state index contributed by atoms with van der Waals surface area (Å²) in [6.07, 6.45) is 5.36. The molecule has 5 rings (SSSR count). The van der Waals surface area contributed by atoms with Gasteiger partial charge in [0.1, 0.15) is 5.65 Å². The van der Waals surface area contributed by atoms with Gasteiger partial charge in [-0.15, -0.1) is 0 Å². The molecule has 12 heteroatoms. The van der Waals surface area contributed by atoms with Gasteiger partial charge in [-0.2, -0.15) is 9.36 Å². The number of esters is 1. The first kappa shape index (κ1) is 21.1. The number of carbonyl (C=O) groups excluding carboxylic acids is 2. The number of nitrogens with one attached hydrogen (secondary N) is 2. The van der Waals surface area contributed by atoms with Crippen LogP contribution in [-0.4, -0.2) is 69.5 Å². The first-order valence-corrected chi connectivity index (χ1v) is 11.3. The van der Waals surface area contributed by atoms with Crippen molar-refractivity contribution in [2.75, 3.05) is 37.5 Å². The van der Waals surface area contributed by atoms with E-state index in [2.05, 4.69) is 39.1 Å². The predicted molar refractivity (Wildman–Crippen MR) is 123 cm³/mol. The molecule has 3 aromatic heterocycles. The SMILES string of the molecule is [C-]#[N+]c1cnc2[nH]ccc2c1N(C)C1C[C@@H]2CN(C(=O)Nc3nc(C(=O)OC)ns3)C[C@@H]2C1. The van der Waals surface area contributed by atoms with Crippen molar-refractivity contribution in [2.45, 2.75) is 18.9 Å². The molecule has 1 aliphatic heterocycles. The molecule has 0 spiro atoms. The molecule has 2 aliphatic rings. The number of nitrogens with zero attached hydrogens (tertiary/aromatic N) is 6. The quantitative estimate of drug-likeness (QED) is 0.448. The molecule has 0 bridgehead atoms. The van der Waals surface area contributed by atoms with Gasteiger partial charge in [-0.25, -0.2) is 14.4 Å². The van der Waals surface area contributed by atoms with Crippen molar-refractivity contribution in [3.8, 4) is 0 Å². The predicted octanol–water partition coefficient (Wildman–Crippen LogP) is 3.13. The van der Waals surface area contributed by atoms with Crippen LogP contribution in [0.25, 0.3) is 15.9 Å². The monoisotopic (exact) mass is 466 g/mol. The van der Waals surface area contributed by atoms with Gasteiger partial charge in [-0.1, -0.05) is 0 Å². The molecule has 2 fully saturated rings. The number of methoxy groups -OCH3 is 1. The molecular weight excluding hydrogens is 444 g/mol. The van der Waals surface area contributed by atoms with Gasteiger partial charge in [0.2, 0.25) is 10.8 Å². The van der Waals surface area contributed by atoms with Crippen LogP contribution < -0.4 is 10.2 Å². The summed E-state index contributed by atoms with van der Waals surface area (Å²) >= 11 is 0.950. The van der Waals surface area contributed by atoms with Crippen LogP contribution in [0.15, 0.2) is 18.5 Å². The summed E-state index contributed by atoms with van der Waals surface area (Å²) in [6.45, 7) is 8.89. The van der Waals surface area contributed by atoms with E-state index in [0.29, 0.717) is 30.6 Å². The highest BCUT2D eigenvalue weighted by Crippen LogP contribution is 2.44. The number of likely N-dealkylation sites (tertiary alicyclic amines) is 1. The van der Waals surface area contributed by atoms with E-state index in [9.17, 15) is 9.59 Å². The Morgan fingerprint density at radius 1 is 1.36 bits per heavy atom. The number of pyridine rings is 1. The Labute approximate surface area is 193 Å². The van der Waals surface area contributed by atoms with Crippen LogP contribution in [-0.2, 0) is 4.74 Å². The van der Waals surface area contributed by atoms with Gasteiger partial charge in [-0.05, 0) is 30.7 Å². The fourth-order valence-corrected chi connectivity index (χ4v) is 5.54. The number of fused-ring (bicyclic) bond motifs is 2. The zero-order valence-corrected chi connectivity index (χ0v) is 18.9. The number of hydrogen-bond donors (Lipinski definition) is 2. The molecule has 3 aromatic rings. The van der Waals surface area contributed by atoms with E-state index in [-0.39, 0.29) is 23.0 Å². The lowest BCUT2D eigenvalue weighted by atomic mass is 10.0. The van der Waals surface area contributed by atoms with E-state index in [4.69, 9.17) is 6.57 Å². The second kappa shape index (κ2) is 8.32. The smallest absolute Gasteiger partial charge is 0.377 e. The van der Waals surface area contributed by atoms with E-state index in [0.717, 1.165) is 41.1 Å². The number of aromatic nitrogens is 4. The molecule has 2 amide bonds. The summed E-state index contributed by atoms with van der Waals surface area (Å²) < 4.78 is 8.50. The van der Waals surface area contributed by atoms with E-state index in [1.54, 1.807) is 11.1 Å². The molecule has 1 aliphatic carbocycles. The molecule has 3 atom stereocenters. The van der Waals surface area contributed by atoms with Crippen molar-refractivity contribution in [3.63, 3.8) is 0 Å². The van der Waals surface area contributed by atoms with Crippen LogP contribution in [0, 0.1) is 18.4 Å². The molecule has 0 radical (unpaired) electrons. The summed E-state index contributed by atoms with van der Waals surface area (Å²) in [6, 6.07) is 2.02. The van der Waals surface area contributed by atoms with Gasteiger partial charge in [0, 0.05) is 55.5 Å². The molecule has 1 saturated carbocycles. The molecule has 1 saturated heterocycles. The number of ether oxygens (including phenoxy) is 1. The molecule has 0 aromatic carbocycles. The van der Waals surface area contributed by atoms with E-state index in [1.807, 2.05) is 19.3 Å². The van der Waals surface area contributed by atoms with E-state index < -0.39 is 5.97 Å². The molecule has 33 heavy (non-hydrogen) atoms. The maximum Gasteiger partial charge on any atom is 0.377 e. The third-order valence-corrected chi connectivity index (χ3v) is 7.21. The summed E-state index contributed by atoms with van der Waals surface area (Å²) in [7, 11) is 3.30. The zero-order valence-electron chi connectivity index (χ0n) is 18.1. The van der Waals surface area contributed by atoms with Crippen LogP contribution in [0.4, 0.5) is 21.3 Å². The molecular formula is C21H22N8O3S. The zero-order chi connectivity index (χ0) is 23.1. The van der Waals surface area contributed by atoms with Gasteiger partial charge in [-0.3, -0.25) is 10.3 Å². The fourth-order valence-electron chi connectivity index (χ4n) is 4.99. The Hall–Kier alpha value is -3.72. The minimum atomic E-state index is -0.634. The third-order valence-electron chi connectivity index (χ3n) is 6.58. The first-order chi connectivity index (χ1) is 16.0. The number of hydrogen-bond acceptors (Lipinski definition) is 8. The highest BCUT2D eigenvalue weighted by atomic mass is 32.1. The number of H-pyrrole nitrogens is 1. The fraction of sp³-hybridized carbons (Fsp3) is 0.429.